The van der Waals surface area contributed by atoms with Crippen molar-refractivity contribution in [2.45, 2.75) is 32.9 Å². The van der Waals surface area contributed by atoms with Gasteiger partial charge in [-0.05, 0) is 25.1 Å². The highest BCUT2D eigenvalue weighted by atomic mass is 16.5. The summed E-state index contributed by atoms with van der Waals surface area (Å²) in [5.74, 6) is 0.891. The number of ether oxygens (including phenoxy) is 1. The van der Waals surface area contributed by atoms with E-state index in [1.54, 1.807) is 6.26 Å². The maximum atomic E-state index is 5.43. The molecule has 0 aliphatic rings. The van der Waals surface area contributed by atoms with Crippen LogP contribution in [0.4, 0.5) is 0 Å². The largest absolute Gasteiger partial charge is 0.467 e. The molecule has 3 heteroatoms. The van der Waals surface area contributed by atoms with Crippen molar-refractivity contribution >= 4 is 0 Å². The quantitative estimate of drug-likeness (QED) is 0.680. The summed E-state index contributed by atoms with van der Waals surface area (Å²) in [7, 11) is 0. The van der Waals surface area contributed by atoms with E-state index in [0.717, 1.165) is 25.3 Å². The lowest BCUT2D eigenvalue weighted by Crippen LogP contribution is -2.24. The second-order valence-electron chi connectivity index (χ2n) is 3.59. The molecule has 0 saturated carbocycles. The van der Waals surface area contributed by atoms with E-state index in [1.807, 2.05) is 12.1 Å². The smallest absolute Gasteiger partial charge is 0.129 e. The lowest BCUT2D eigenvalue weighted by atomic mass is 10.3. The van der Waals surface area contributed by atoms with E-state index >= 15 is 0 Å². The zero-order chi connectivity index (χ0) is 10.2. The lowest BCUT2D eigenvalue weighted by molar-refractivity contribution is 0.104. The molecule has 0 aliphatic carbocycles. The van der Waals surface area contributed by atoms with Gasteiger partial charge >= 0.3 is 0 Å². The third-order valence-corrected chi connectivity index (χ3v) is 1.84. The van der Waals surface area contributed by atoms with Crippen molar-refractivity contribution in [3.8, 4) is 0 Å². The standard InChI is InChI=1S/C11H19NO2/c1-10(2)12-6-4-7-13-9-11-5-3-8-14-11/h3,5,8,10,12H,4,6-7,9H2,1-2H3. The molecule has 0 aromatic carbocycles. The van der Waals surface area contributed by atoms with Crippen LogP contribution in [0.2, 0.25) is 0 Å². The SMILES string of the molecule is CC(C)NCCCOCc1ccco1. The van der Waals surface area contributed by atoms with E-state index in [1.165, 1.54) is 0 Å². The molecule has 0 radical (unpaired) electrons. The molecule has 0 atom stereocenters. The predicted molar refractivity (Wildman–Crippen MR) is 56.1 cm³/mol. The molecule has 1 rings (SSSR count). The highest BCUT2D eigenvalue weighted by molar-refractivity contribution is 4.95. The van der Waals surface area contributed by atoms with Crippen molar-refractivity contribution in [2.24, 2.45) is 0 Å². The highest BCUT2D eigenvalue weighted by Crippen LogP contribution is 2.01. The number of furan rings is 1. The fourth-order valence-electron chi connectivity index (χ4n) is 1.13. The Morgan fingerprint density at radius 2 is 2.36 bits per heavy atom. The first kappa shape index (κ1) is 11.3. The van der Waals surface area contributed by atoms with Gasteiger partial charge in [0.2, 0.25) is 0 Å². The highest BCUT2D eigenvalue weighted by Gasteiger charge is 1.95. The monoisotopic (exact) mass is 197 g/mol. The van der Waals surface area contributed by atoms with Crippen LogP contribution in [0.25, 0.3) is 0 Å². The van der Waals surface area contributed by atoms with Gasteiger partial charge in [0, 0.05) is 12.6 Å². The first-order chi connectivity index (χ1) is 6.79. The molecule has 0 amide bonds. The summed E-state index contributed by atoms with van der Waals surface area (Å²) in [6.45, 7) is 6.65. The van der Waals surface area contributed by atoms with E-state index in [9.17, 15) is 0 Å². The summed E-state index contributed by atoms with van der Waals surface area (Å²) >= 11 is 0. The van der Waals surface area contributed by atoms with Gasteiger partial charge in [0.1, 0.15) is 12.4 Å². The Balaban J connectivity index is 1.90. The molecule has 80 valence electrons. The summed E-state index contributed by atoms with van der Waals surface area (Å²) in [6, 6.07) is 4.35. The first-order valence-corrected chi connectivity index (χ1v) is 5.12. The van der Waals surface area contributed by atoms with Gasteiger partial charge in [-0.1, -0.05) is 13.8 Å². The molecule has 0 fully saturated rings. The summed E-state index contributed by atoms with van der Waals surface area (Å²) < 4.78 is 10.6. The van der Waals surface area contributed by atoms with E-state index in [2.05, 4.69) is 19.2 Å². The second-order valence-corrected chi connectivity index (χ2v) is 3.59. The molecule has 0 spiro atoms. The van der Waals surface area contributed by atoms with Crippen LogP contribution in [0, 0.1) is 0 Å². The van der Waals surface area contributed by atoms with Gasteiger partial charge in [0.25, 0.3) is 0 Å². The van der Waals surface area contributed by atoms with Gasteiger partial charge < -0.3 is 14.5 Å². The maximum Gasteiger partial charge on any atom is 0.129 e. The Morgan fingerprint density at radius 3 is 3.00 bits per heavy atom. The van der Waals surface area contributed by atoms with Crippen LogP contribution in [0.15, 0.2) is 22.8 Å². The number of nitrogens with one attached hydrogen (secondary N) is 1. The van der Waals surface area contributed by atoms with Crippen LogP contribution >= 0.6 is 0 Å². The molecule has 0 aliphatic heterocycles. The van der Waals surface area contributed by atoms with Gasteiger partial charge in [-0.15, -0.1) is 0 Å². The van der Waals surface area contributed by atoms with E-state index in [0.29, 0.717) is 12.6 Å². The van der Waals surface area contributed by atoms with Crippen LogP contribution in [0.5, 0.6) is 0 Å². The first-order valence-electron chi connectivity index (χ1n) is 5.12. The van der Waals surface area contributed by atoms with Crippen LogP contribution in [0.3, 0.4) is 0 Å². The normalized spacial score (nSPS) is 11.1. The minimum atomic E-state index is 0.556. The van der Waals surface area contributed by atoms with E-state index in [-0.39, 0.29) is 0 Å². The van der Waals surface area contributed by atoms with Crippen molar-refractivity contribution in [3.05, 3.63) is 24.2 Å². The van der Waals surface area contributed by atoms with E-state index in [4.69, 9.17) is 9.15 Å². The Labute approximate surface area is 85.4 Å². The summed E-state index contributed by atoms with van der Waals surface area (Å²) in [6.07, 6.45) is 2.71. The molecule has 14 heavy (non-hydrogen) atoms. The van der Waals surface area contributed by atoms with Crippen molar-refractivity contribution in [1.82, 2.24) is 5.32 Å². The van der Waals surface area contributed by atoms with Crippen molar-refractivity contribution in [1.29, 1.82) is 0 Å². The van der Waals surface area contributed by atoms with Gasteiger partial charge in [-0.2, -0.15) is 0 Å². The number of hydrogen-bond acceptors (Lipinski definition) is 3. The van der Waals surface area contributed by atoms with Gasteiger partial charge in [-0.3, -0.25) is 0 Å². The van der Waals surface area contributed by atoms with Crippen molar-refractivity contribution in [3.63, 3.8) is 0 Å². The maximum absolute atomic E-state index is 5.43. The second kappa shape index (κ2) is 6.62. The molecule has 0 unspecified atom stereocenters. The van der Waals surface area contributed by atoms with Crippen molar-refractivity contribution in [2.75, 3.05) is 13.2 Å². The molecule has 3 nitrogen and oxygen atoms in total. The molecule has 1 aromatic heterocycles. The van der Waals surface area contributed by atoms with Crippen LogP contribution in [-0.2, 0) is 11.3 Å². The molecular formula is C11H19NO2. The molecule has 0 saturated heterocycles. The molecule has 0 bridgehead atoms. The zero-order valence-corrected chi connectivity index (χ0v) is 8.95. The van der Waals surface area contributed by atoms with Gasteiger partial charge in [0.05, 0.1) is 6.26 Å². The molecule has 1 heterocycles. The average molecular weight is 197 g/mol. The Bertz CT molecular complexity index is 219. The number of hydrogen-bond donors (Lipinski definition) is 1. The third-order valence-electron chi connectivity index (χ3n) is 1.84. The van der Waals surface area contributed by atoms with Crippen molar-refractivity contribution < 1.29 is 9.15 Å². The summed E-state index contributed by atoms with van der Waals surface area (Å²) in [5.41, 5.74) is 0. The Hall–Kier alpha value is -0.800. The predicted octanol–water partition coefficient (Wildman–Crippen LogP) is 2.18. The minimum absolute atomic E-state index is 0.556. The topological polar surface area (TPSA) is 34.4 Å². The van der Waals surface area contributed by atoms with Crippen LogP contribution in [-0.4, -0.2) is 19.2 Å². The van der Waals surface area contributed by atoms with Crippen LogP contribution in [0.1, 0.15) is 26.0 Å². The molecular weight excluding hydrogens is 178 g/mol. The average Bonchev–Trinajstić information content (AvgIpc) is 2.63. The zero-order valence-electron chi connectivity index (χ0n) is 8.95. The Kier molecular flexibility index (Phi) is 5.33. The summed E-state index contributed by atoms with van der Waals surface area (Å²) in [4.78, 5) is 0. The summed E-state index contributed by atoms with van der Waals surface area (Å²) in [5, 5.41) is 3.34. The fourth-order valence-corrected chi connectivity index (χ4v) is 1.13. The molecule has 1 N–H and O–H groups in total. The minimum Gasteiger partial charge on any atom is -0.467 e. The number of rotatable bonds is 7. The van der Waals surface area contributed by atoms with Gasteiger partial charge in [-0.25, -0.2) is 0 Å². The molecule has 1 aromatic rings. The van der Waals surface area contributed by atoms with E-state index < -0.39 is 0 Å². The van der Waals surface area contributed by atoms with Gasteiger partial charge in [0.15, 0.2) is 0 Å². The Morgan fingerprint density at radius 1 is 1.50 bits per heavy atom. The van der Waals surface area contributed by atoms with Crippen LogP contribution < -0.4 is 5.32 Å². The fraction of sp³-hybridized carbons (Fsp3) is 0.636. The third kappa shape index (κ3) is 5.04. The lowest BCUT2D eigenvalue weighted by Gasteiger charge is -2.07.